The van der Waals surface area contributed by atoms with Gasteiger partial charge in [0, 0.05) is 10.8 Å². The van der Waals surface area contributed by atoms with E-state index in [4.69, 9.17) is 11.6 Å². The Bertz CT molecular complexity index is 177. The standard InChI is InChI=1S/C7H7ClS/c8-5-1-3-7-4-2-6-9-7/h1-4,6H,5H2. The van der Waals surface area contributed by atoms with Crippen molar-refractivity contribution in [3.05, 3.63) is 28.5 Å². The summed E-state index contributed by atoms with van der Waals surface area (Å²) in [6.07, 6.45) is 3.96. The van der Waals surface area contributed by atoms with Crippen LogP contribution >= 0.6 is 22.9 Å². The molecule has 0 aliphatic rings. The van der Waals surface area contributed by atoms with Crippen LogP contribution in [-0.2, 0) is 0 Å². The minimum absolute atomic E-state index is 0.595. The molecule has 0 spiro atoms. The van der Waals surface area contributed by atoms with E-state index in [1.54, 1.807) is 11.3 Å². The third kappa shape index (κ3) is 2.20. The zero-order valence-electron chi connectivity index (χ0n) is 4.88. The fourth-order valence-corrected chi connectivity index (χ4v) is 1.28. The third-order valence-electron chi connectivity index (χ3n) is 0.914. The zero-order chi connectivity index (χ0) is 6.53. The molecule has 0 fully saturated rings. The second kappa shape index (κ2) is 3.70. The lowest BCUT2D eigenvalue weighted by atomic mass is 10.4. The van der Waals surface area contributed by atoms with Crippen LogP contribution in [0, 0.1) is 0 Å². The van der Waals surface area contributed by atoms with Crippen LogP contribution in [0.15, 0.2) is 23.6 Å². The number of halogens is 1. The maximum atomic E-state index is 5.44. The van der Waals surface area contributed by atoms with Crippen molar-refractivity contribution < 1.29 is 0 Å². The first-order valence-electron chi connectivity index (χ1n) is 2.69. The van der Waals surface area contributed by atoms with Crippen LogP contribution in [0.4, 0.5) is 0 Å². The maximum absolute atomic E-state index is 5.44. The number of allylic oxidation sites excluding steroid dienone is 1. The van der Waals surface area contributed by atoms with Crippen molar-refractivity contribution in [1.82, 2.24) is 0 Å². The normalized spacial score (nSPS) is 10.8. The van der Waals surface area contributed by atoms with Crippen molar-refractivity contribution in [1.29, 1.82) is 0 Å². The van der Waals surface area contributed by atoms with Crippen LogP contribution < -0.4 is 0 Å². The Kier molecular flexibility index (Phi) is 2.81. The Hall–Kier alpha value is -0.270. The molecule has 0 unspecified atom stereocenters. The number of rotatable bonds is 2. The van der Waals surface area contributed by atoms with Crippen molar-refractivity contribution in [3.8, 4) is 0 Å². The fourth-order valence-electron chi connectivity index (χ4n) is 0.547. The van der Waals surface area contributed by atoms with E-state index in [0.29, 0.717) is 5.88 Å². The van der Waals surface area contributed by atoms with Gasteiger partial charge in [-0.15, -0.1) is 22.9 Å². The number of hydrogen-bond acceptors (Lipinski definition) is 1. The van der Waals surface area contributed by atoms with Gasteiger partial charge in [-0.2, -0.15) is 0 Å². The van der Waals surface area contributed by atoms with Crippen LogP contribution in [0.5, 0.6) is 0 Å². The quantitative estimate of drug-likeness (QED) is 0.581. The summed E-state index contributed by atoms with van der Waals surface area (Å²) in [4.78, 5) is 1.26. The predicted octanol–water partition coefficient (Wildman–Crippen LogP) is 3.00. The maximum Gasteiger partial charge on any atom is 0.0407 e. The topological polar surface area (TPSA) is 0 Å². The summed E-state index contributed by atoms with van der Waals surface area (Å²) in [5.41, 5.74) is 0. The molecule has 0 N–H and O–H groups in total. The predicted molar refractivity (Wildman–Crippen MR) is 44.1 cm³/mol. The van der Waals surface area contributed by atoms with Crippen molar-refractivity contribution in [3.63, 3.8) is 0 Å². The molecule has 0 radical (unpaired) electrons. The van der Waals surface area contributed by atoms with E-state index in [9.17, 15) is 0 Å². The van der Waals surface area contributed by atoms with Gasteiger partial charge in [-0.25, -0.2) is 0 Å². The number of alkyl halides is 1. The average Bonchev–Trinajstić information content (AvgIpc) is 2.34. The SMILES string of the molecule is ClCC=Cc1cccs1. The molecule has 0 amide bonds. The Morgan fingerprint density at radius 1 is 1.67 bits per heavy atom. The number of thiophene rings is 1. The summed E-state index contributed by atoms with van der Waals surface area (Å²) in [5.74, 6) is 0.595. The lowest BCUT2D eigenvalue weighted by molar-refractivity contribution is 1.79. The summed E-state index contributed by atoms with van der Waals surface area (Å²) in [6.45, 7) is 0. The molecule has 1 aromatic heterocycles. The first-order valence-corrected chi connectivity index (χ1v) is 4.11. The van der Waals surface area contributed by atoms with Gasteiger partial charge in [-0.1, -0.05) is 12.1 Å². The van der Waals surface area contributed by atoms with Crippen LogP contribution in [0.25, 0.3) is 6.08 Å². The van der Waals surface area contributed by atoms with Gasteiger partial charge in [0.25, 0.3) is 0 Å². The Morgan fingerprint density at radius 3 is 3.11 bits per heavy atom. The minimum atomic E-state index is 0.595. The van der Waals surface area contributed by atoms with Crippen molar-refractivity contribution in [2.24, 2.45) is 0 Å². The second-order valence-corrected chi connectivity index (χ2v) is 2.86. The highest BCUT2D eigenvalue weighted by atomic mass is 35.5. The molecule has 0 nitrogen and oxygen atoms in total. The van der Waals surface area contributed by atoms with E-state index in [2.05, 4.69) is 6.07 Å². The van der Waals surface area contributed by atoms with Crippen LogP contribution in [0.1, 0.15) is 4.88 Å². The first kappa shape index (κ1) is 6.84. The largest absolute Gasteiger partial charge is 0.144 e. The van der Waals surface area contributed by atoms with Gasteiger partial charge >= 0.3 is 0 Å². The summed E-state index contributed by atoms with van der Waals surface area (Å²) in [5, 5.41) is 2.05. The Labute approximate surface area is 63.8 Å². The molecule has 0 aliphatic carbocycles. The lowest BCUT2D eigenvalue weighted by Crippen LogP contribution is -1.58. The van der Waals surface area contributed by atoms with Gasteiger partial charge in [-0.05, 0) is 17.5 Å². The van der Waals surface area contributed by atoms with Gasteiger partial charge < -0.3 is 0 Å². The van der Waals surface area contributed by atoms with E-state index in [0.717, 1.165) is 0 Å². The highest BCUT2D eigenvalue weighted by molar-refractivity contribution is 7.10. The van der Waals surface area contributed by atoms with Gasteiger partial charge in [0.2, 0.25) is 0 Å². The molecule has 9 heavy (non-hydrogen) atoms. The smallest absolute Gasteiger partial charge is 0.0407 e. The molecular formula is C7H7ClS. The zero-order valence-corrected chi connectivity index (χ0v) is 6.45. The summed E-state index contributed by atoms with van der Waals surface area (Å²) < 4.78 is 0. The highest BCUT2D eigenvalue weighted by Crippen LogP contribution is 2.09. The minimum Gasteiger partial charge on any atom is -0.144 e. The lowest BCUT2D eigenvalue weighted by Gasteiger charge is -1.77. The van der Waals surface area contributed by atoms with Crippen molar-refractivity contribution in [2.45, 2.75) is 0 Å². The molecule has 1 heterocycles. The van der Waals surface area contributed by atoms with Crippen molar-refractivity contribution >= 4 is 29.0 Å². The third-order valence-corrected chi connectivity index (χ3v) is 1.93. The molecule has 1 aromatic rings. The van der Waals surface area contributed by atoms with Gasteiger partial charge in [0.1, 0.15) is 0 Å². The highest BCUT2D eigenvalue weighted by Gasteiger charge is 1.81. The van der Waals surface area contributed by atoms with Crippen molar-refractivity contribution in [2.75, 3.05) is 5.88 Å². The fraction of sp³-hybridized carbons (Fsp3) is 0.143. The molecule has 0 saturated heterocycles. The molecule has 0 bridgehead atoms. The molecule has 0 aliphatic heterocycles. The molecule has 0 aromatic carbocycles. The molecule has 48 valence electrons. The van der Waals surface area contributed by atoms with Crippen LogP contribution in [0.2, 0.25) is 0 Å². The first-order chi connectivity index (χ1) is 4.43. The Morgan fingerprint density at radius 2 is 2.56 bits per heavy atom. The van der Waals surface area contributed by atoms with E-state index in [-0.39, 0.29) is 0 Å². The molecule has 1 rings (SSSR count). The molecule has 0 saturated carbocycles. The monoisotopic (exact) mass is 158 g/mol. The van der Waals surface area contributed by atoms with Crippen LogP contribution in [0.3, 0.4) is 0 Å². The van der Waals surface area contributed by atoms with Crippen LogP contribution in [-0.4, -0.2) is 5.88 Å². The summed E-state index contributed by atoms with van der Waals surface area (Å²) >= 11 is 7.15. The summed E-state index contributed by atoms with van der Waals surface area (Å²) in [6, 6.07) is 4.09. The summed E-state index contributed by atoms with van der Waals surface area (Å²) in [7, 11) is 0. The van der Waals surface area contributed by atoms with E-state index in [1.807, 2.05) is 23.6 Å². The Balaban J connectivity index is 2.57. The van der Waals surface area contributed by atoms with Gasteiger partial charge in [0.15, 0.2) is 0 Å². The van der Waals surface area contributed by atoms with Gasteiger partial charge in [0.05, 0.1) is 0 Å². The van der Waals surface area contributed by atoms with Gasteiger partial charge in [-0.3, -0.25) is 0 Å². The molecule has 0 atom stereocenters. The average molecular weight is 159 g/mol. The molecular weight excluding hydrogens is 152 g/mol. The van der Waals surface area contributed by atoms with E-state index < -0.39 is 0 Å². The van der Waals surface area contributed by atoms with E-state index in [1.165, 1.54) is 4.88 Å². The molecule has 2 heteroatoms. The van der Waals surface area contributed by atoms with E-state index >= 15 is 0 Å². The number of hydrogen-bond donors (Lipinski definition) is 0. The second-order valence-electron chi connectivity index (χ2n) is 1.57.